The van der Waals surface area contributed by atoms with E-state index in [0.717, 1.165) is 31.6 Å². The lowest BCUT2D eigenvalue weighted by atomic mass is 10.1. The van der Waals surface area contributed by atoms with Crippen LogP contribution < -0.4 is 0 Å². The molecule has 128 valence electrons. The second-order valence-electron chi connectivity index (χ2n) is 6.03. The number of hydrogen-bond acceptors (Lipinski definition) is 4. The largest absolute Gasteiger partial charge is 0.387 e. The zero-order valence-electron chi connectivity index (χ0n) is 13.4. The van der Waals surface area contributed by atoms with Gasteiger partial charge in [0.2, 0.25) is 0 Å². The Hall–Kier alpha value is -1.76. The molecule has 6 heteroatoms. The molecule has 0 spiro atoms. The molecule has 1 atom stereocenters. The minimum atomic E-state index is -0.648. The Morgan fingerprint density at radius 3 is 2.67 bits per heavy atom. The third kappa shape index (κ3) is 4.20. The van der Waals surface area contributed by atoms with E-state index in [0.29, 0.717) is 18.7 Å². The van der Waals surface area contributed by atoms with Gasteiger partial charge in [-0.1, -0.05) is 12.1 Å². The van der Waals surface area contributed by atoms with Crippen molar-refractivity contribution < 1.29 is 14.3 Å². The van der Waals surface area contributed by atoms with Crippen LogP contribution in [-0.4, -0.2) is 53.5 Å². The summed E-state index contributed by atoms with van der Waals surface area (Å²) in [6, 6.07) is 7.81. The molecule has 1 aromatic carbocycles. The van der Waals surface area contributed by atoms with E-state index in [-0.39, 0.29) is 11.7 Å². The van der Waals surface area contributed by atoms with Crippen LogP contribution in [0.25, 0.3) is 0 Å². The lowest BCUT2D eigenvalue weighted by Crippen LogP contribution is -2.36. The van der Waals surface area contributed by atoms with Gasteiger partial charge in [0.25, 0.3) is 5.91 Å². The number of nitrogens with zero attached hydrogens (tertiary/aromatic N) is 2. The van der Waals surface area contributed by atoms with E-state index in [4.69, 9.17) is 0 Å². The number of carbonyl (C=O) groups is 1. The van der Waals surface area contributed by atoms with Crippen molar-refractivity contribution in [1.29, 1.82) is 0 Å². The van der Waals surface area contributed by atoms with Crippen molar-refractivity contribution >= 4 is 17.2 Å². The maximum absolute atomic E-state index is 13.0. The highest BCUT2D eigenvalue weighted by Gasteiger charge is 2.22. The van der Waals surface area contributed by atoms with Gasteiger partial charge in [0, 0.05) is 38.1 Å². The number of aliphatic hydroxyl groups excluding tert-OH is 1. The molecule has 1 N–H and O–H groups in total. The standard InChI is InChI=1S/C18H21FN2O2S/c19-16-4-2-14(3-5-16)17(22)12-20-7-1-8-21(10-9-20)18(23)15-6-11-24-13-15/h2-6,11,13,17,22H,1,7-10,12H2/t17-/m0/s1. The zero-order chi connectivity index (χ0) is 16.9. The number of aliphatic hydroxyl groups is 1. The van der Waals surface area contributed by atoms with Crippen LogP contribution in [0.2, 0.25) is 0 Å². The Bertz CT molecular complexity index is 660. The SMILES string of the molecule is O=C(c1ccsc1)N1CCCN(C[C@H](O)c2ccc(F)cc2)CC1. The Morgan fingerprint density at radius 1 is 1.17 bits per heavy atom. The van der Waals surface area contributed by atoms with E-state index in [1.54, 1.807) is 12.1 Å². The summed E-state index contributed by atoms with van der Waals surface area (Å²) in [5.41, 5.74) is 1.46. The number of carbonyl (C=O) groups excluding carboxylic acids is 1. The Morgan fingerprint density at radius 2 is 1.96 bits per heavy atom. The van der Waals surface area contributed by atoms with Crippen molar-refractivity contribution in [2.45, 2.75) is 12.5 Å². The van der Waals surface area contributed by atoms with Gasteiger partial charge >= 0.3 is 0 Å². The molecular weight excluding hydrogens is 327 g/mol. The molecule has 1 saturated heterocycles. The van der Waals surface area contributed by atoms with Gasteiger partial charge in [-0.25, -0.2) is 4.39 Å². The fourth-order valence-corrected chi connectivity index (χ4v) is 3.59. The molecule has 0 saturated carbocycles. The predicted octanol–water partition coefficient (Wildman–Crippen LogP) is 2.77. The lowest BCUT2D eigenvalue weighted by molar-refractivity contribution is 0.0755. The van der Waals surface area contributed by atoms with Crippen molar-refractivity contribution in [3.8, 4) is 0 Å². The minimum Gasteiger partial charge on any atom is -0.387 e. The van der Waals surface area contributed by atoms with Crippen LogP contribution in [0.1, 0.15) is 28.4 Å². The summed E-state index contributed by atoms with van der Waals surface area (Å²) in [6.07, 6.45) is 0.233. The van der Waals surface area contributed by atoms with Crippen LogP contribution in [0, 0.1) is 5.82 Å². The number of amides is 1. The van der Waals surface area contributed by atoms with Gasteiger partial charge in [-0.05, 0) is 35.6 Å². The molecule has 24 heavy (non-hydrogen) atoms. The first-order valence-corrected chi connectivity index (χ1v) is 9.05. The Kier molecular flexibility index (Phi) is 5.60. The molecule has 3 rings (SSSR count). The molecule has 0 aliphatic carbocycles. The first-order valence-electron chi connectivity index (χ1n) is 8.11. The van der Waals surface area contributed by atoms with E-state index in [9.17, 15) is 14.3 Å². The molecule has 0 radical (unpaired) electrons. The van der Waals surface area contributed by atoms with Gasteiger partial charge in [-0.3, -0.25) is 9.69 Å². The number of hydrogen-bond donors (Lipinski definition) is 1. The van der Waals surface area contributed by atoms with E-state index < -0.39 is 6.10 Å². The Labute approximate surface area is 145 Å². The molecule has 2 aromatic rings. The number of β-amino-alcohol motifs (C(OH)–C–C–N with tert-alkyl or cyclic N) is 1. The molecule has 1 fully saturated rings. The number of halogens is 1. The summed E-state index contributed by atoms with van der Waals surface area (Å²) >= 11 is 1.53. The summed E-state index contributed by atoms with van der Waals surface area (Å²) in [5, 5.41) is 14.1. The van der Waals surface area contributed by atoms with E-state index in [2.05, 4.69) is 4.90 Å². The van der Waals surface area contributed by atoms with Gasteiger partial charge in [-0.15, -0.1) is 0 Å². The topological polar surface area (TPSA) is 43.8 Å². The minimum absolute atomic E-state index is 0.0807. The average Bonchev–Trinajstić information content (AvgIpc) is 3.02. The average molecular weight is 348 g/mol. The van der Waals surface area contributed by atoms with Crippen molar-refractivity contribution in [2.24, 2.45) is 0 Å². The summed E-state index contributed by atoms with van der Waals surface area (Å²) in [6.45, 7) is 3.45. The van der Waals surface area contributed by atoms with Gasteiger partial charge in [0.1, 0.15) is 5.82 Å². The van der Waals surface area contributed by atoms with Crippen molar-refractivity contribution in [2.75, 3.05) is 32.7 Å². The van der Waals surface area contributed by atoms with E-state index >= 15 is 0 Å². The third-order valence-electron chi connectivity index (χ3n) is 4.33. The van der Waals surface area contributed by atoms with Gasteiger partial charge in [0.15, 0.2) is 0 Å². The molecule has 1 aliphatic rings. The van der Waals surface area contributed by atoms with Crippen LogP contribution in [0.3, 0.4) is 0 Å². The second kappa shape index (κ2) is 7.88. The van der Waals surface area contributed by atoms with Crippen molar-refractivity contribution in [3.63, 3.8) is 0 Å². The Balaban J connectivity index is 1.55. The normalized spacial score (nSPS) is 17.5. The van der Waals surface area contributed by atoms with Gasteiger partial charge in [-0.2, -0.15) is 11.3 Å². The molecular formula is C18H21FN2O2S. The van der Waals surface area contributed by atoms with E-state index in [1.807, 2.05) is 21.7 Å². The van der Waals surface area contributed by atoms with Gasteiger partial charge < -0.3 is 10.0 Å². The van der Waals surface area contributed by atoms with Crippen LogP contribution in [0.4, 0.5) is 4.39 Å². The highest BCUT2D eigenvalue weighted by Crippen LogP contribution is 2.17. The maximum atomic E-state index is 13.0. The third-order valence-corrected chi connectivity index (χ3v) is 5.01. The number of benzene rings is 1. The smallest absolute Gasteiger partial charge is 0.254 e. The lowest BCUT2D eigenvalue weighted by Gasteiger charge is -2.24. The number of rotatable bonds is 4. The van der Waals surface area contributed by atoms with Crippen LogP contribution in [0.5, 0.6) is 0 Å². The van der Waals surface area contributed by atoms with E-state index in [1.165, 1.54) is 23.5 Å². The fourth-order valence-electron chi connectivity index (χ4n) is 2.96. The molecule has 2 heterocycles. The molecule has 1 aliphatic heterocycles. The number of thiophene rings is 1. The highest BCUT2D eigenvalue weighted by atomic mass is 32.1. The first kappa shape index (κ1) is 17.1. The molecule has 0 bridgehead atoms. The summed E-state index contributed by atoms with van der Waals surface area (Å²) in [5.74, 6) is -0.222. The predicted molar refractivity (Wildman–Crippen MR) is 92.6 cm³/mol. The first-order chi connectivity index (χ1) is 11.6. The van der Waals surface area contributed by atoms with Crippen molar-refractivity contribution in [3.05, 3.63) is 58.0 Å². The van der Waals surface area contributed by atoms with Crippen LogP contribution >= 0.6 is 11.3 Å². The second-order valence-corrected chi connectivity index (χ2v) is 6.81. The van der Waals surface area contributed by atoms with Crippen LogP contribution in [-0.2, 0) is 0 Å². The fraction of sp³-hybridized carbons (Fsp3) is 0.389. The quantitative estimate of drug-likeness (QED) is 0.924. The molecule has 1 amide bonds. The summed E-state index contributed by atoms with van der Waals surface area (Å²) < 4.78 is 13.0. The zero-order valence-corrected chi connectivity index (χ0v) is 14.2. The summed E-state index contributed by atoms with van der Waals surface area (Å²) in [4.78, 5) is 16.5. The highest BCUT2D eigenvalue weighted by molar-refractivity contribution is 7.08. The van der Waals surface area contributed by atoms with Crippen LogP contribution in [0.15, 0.2) is 41.1 Å². The monoisotopic (exact) mass is 348 g/mol. The van der Waals surface area contributed by atoms with Crippen molar-refractivity contribution in [1.82, 2.24) is 9.80 Å². The molecule has 1 aromatic heterocycles. The van der Waals surface area contributed by atoms with Gasteiger partial charge in [0.05, 0.1) is 11.7 Å². The molecule has 0 unspecified atom stereocenters. The molecule has 4 nitrogen and oxygen atoms in total. The summed E-state index contributed by atoms with van der Waals surface area (Å²) in [7, 11) is 0. The maximum Gasteiger partial charge on any atom is 0.254 e.